The largest absolute Gasteiger partial charge is 0.353 e. The van der Waals surface area contributed by atoms with Gasteiger partial charge in [-0.3, -0.25) is 0 Å². The molecule has 1 aliphatic carbocycles. The Morgan fingerprint density at radius 2 is 1.86 bits per heavy atom. The van der Waals surface area contributed by atoms with Crippen LogP contribution in [0.4, 0.5) is 5.95 Å². The summed E-state index contributed by atoms with van der Waals surface area (Å²) in [4.78, 5) is 10.7. The number of nitrogens with zero attached hydrogens (tertiary/aromatic N) is 2. The van der Waals surface area contributed by atoms with Crippen molar-refractivity contribution < 1.29 is 0 Å². The van der Waals surface area contributed by atoms with Gasteiger partial charge in [-0.15, -0.1) is 0 Å². The van der Waals surface area contributed by atoms with Gasteiger partial charge in [-0.05, 0) is 43.7 Å². The highest BCUT2D eigenvalue weighted by Gasteiger charge is 2.23. The fourth-order valence-electron chi connectivity index (χ4n) is 4.03. The molecule has 2 aromatic rings. The van der Waals surface area contributed by atoms with Crippen LogP contribution in [0, 0.1) is 5.92 Å². The van der Waals surface area contributed by atoms with Crippen LogP contribution in [0.15, 0.2) is 24.3 Å². The molecule has 4 nitrogen and oxygen atoms in total. The molecule has 4 rings (SSSR count). The quantitative estimate of drug-likeness (QED) is 0.906. The maximum absolute atomic E-state index is 4.63. The first kappa shape index (κ1) is 14.1. The number of hydrogen-bond donors (Lipinski definition) is 2. The fourth-order valence-corrected chi connectivity index (χ4v) is 4.03. The number of likely N-dealkylation sites (tertiary alicyclic amines) is 1. The van der Waals surface area contributed by atoms with Crippen LogP contribution < -0.4 is 5.32 Å². The van der Waals surface area contributed by atoms with Gasteiger partial charge in [0.1, 0.15) is 0 Å². The zero-order valence-corrected chi connectivity index (χ0v) is 13.2. The molecule has 1 aliphatic heterocycles. The molecule has 2 heterocycles. The van der Waals surface area contributed by atoms with Crippen molar-refractivity contribution in [3.8, 4) is 0 Å². The van der Waals surface area contributed by atoms with E-state index in [1.165, 1.54) is 58.2 Å². The number of para-hydroxylation sites is 2. The van der Waals surface area contributed by atoms with E-state index in [1.54, 1.807) is 0 Å². The molecular weight excluding hydrogens is 272 g/mol. The highest BCUT2D eigenvalue weighted by Crippen LogP contribution is 2.27. The van der Waals surface area contributed by atoms with Crippen LogP contribution in [0.2, 0.25) is 0 Å². The number of anilines is 1. The Balaban J connectivity index is 1.29. The number of hydrogen-bond acceptors (Lipinski definition) is 3. The first-order valence-corrected chi connectivity index (χ1v) is 8.80. The zero-order chi connectivity index (χ0) is 14.8. The number of nitrogens with one attached hydrogen (secondary N) is 2. The van der Waals surface area contributed by atoms with Gasteiger partial charge in [0.2, 0.25) is 5.95 Å². The van der Waals surface area contributed by atoms with Crippen molar-refractivity contribution in [2.45, 2.75) is 44.6 Å². The van der Waals surface area contributed by atoms with E-state index in [-0.39, 0.29) is 0 Å². The third-order valence-electron chi connectivity index (χ3n) is 5.31. The topological polar surface area (TPSA) is 44.0 Å². The van der Waals surface area contributed by atoms with Crippen LogP contribution in [-0.4, -0.2) is 40.5 Å². The lowest BCUT2D eigenvalue weighted by Gasteiger charge is -2.33. The summed E-state index contributed by atoms with van der Waals surface area (Å²) in [5.74, 6) is 1.90. The van der Waals surface area contributed by atoms with Gasteiger partial charge in [-0.1, -0.05) is 25.0 Å². The lowest BCUT2D eigenvalue weighted by atomic mass is 10.0. The van der Waals surface area contributed by atoms with E-state index < -0.39 is 0 Å². The van der Waals surface area contributed by atoms with Gasteiger partial charge in [0.25, 0.3) is 0 Å². The molecule has 2 fully saturated rings. The van der Waals surface area contributed by atoms with E-state index in [4.69, 9.17) is 0 Å². The number of rotatable bonds is 4. The average Bonchev–Trinajstić information content (AvgIpc) is 3.18. The molecular formula is C18H26N4. The summed E-state index contributed by atoms with van der Waals surface area (Å²) < 4.78 is 0. The molecule has 22 heavy (non-hydrogen) atoms. The fraction of sp³-hybridized carbons (Fsp3) is 0.611. The van der Waals surface area contributed by atoms with Crippen LogP contribution in [0.3, 0.4) is 0 Å². The third kappa shape index (κ3) is 3.12. The Hall–Kier alpha value is -1.55. The van der Waals surface area contributed by atoms with Crippen molar-refractivity contribution in [2.75, 3.05) is 25.0 Å². The zero-order valence-electron chi connectivity index (χ0n) is 13.2. The van der Waals surface area contributed by atoms with E-state index in [9.17, 15) is 0 Å². The van der Waals surface area contributed by atoms with E-state index in [0.717, 1.165) is 22.9 Å². The second kappa shape index (κ2) is 6.29. The van der Waals surface area contributed by atoms with Crippen LogP contribution >= 0.6 is 0 Å². The lowest BCUT2D eigenvalue weighted by molar-refractivity contribution is 0.189. The summed E-state index contributed by atoms with van der Waals surface area (Å²) in [6.45, 7) is 3.79. The molecule has 2 aliphatic rings. The molecule has 0 bridgehead atoms. The maximum atomic E-state index is 4.63. The minimum Gasteiger partial charge on any atom is -0.353 e. The Bertz CT molecular complexity index is 573. The number of benzene rings is 1. The van der Waals surface area contributed by atoms with Gasteiger partial charge in [0.15, 0.2) is 0 Å². The minimum absolute atomic E-state index is 0.556. The molecule has 118 valence electrons. The molecule has 0 spiro atoms. The molecule has 0 amide bonds. The van der Waals surface area contributed by atoms with Gasteiger partial charge in [-0.2, -0.15) is 0 Å². The van der Waals surface area contributed by atoms with Crippen molar-refractivity contribution in [3.05, 3.63) is 24.3 Å². The summed E-state index contributed by atoms with van der Waals surface area (Å²) in [5, 5.41) is 3.59. The number of imidazole rings is 1. The Labute approximate surface area is 132 Å². The predicted octanol–water partition coefficient (Wildman–Crippen LogP) is 3.63. The summed E-state index contributed by atoms with van der Waals surface area (Å²) >= 11 is 0. The van der Waals surface area contributed by atoms with Crippen molar-refractivity contribution in [1.82, 2.24) is 14.9 Å². The standard InChI is InChI=1S/C18H26N4/c1-2-6-14(5-1)13-22-11-9-15(10-12-22)19-18-20-16-7-3-4-8-17(16)21-18/h3-4,7-8,14-15H,1-2,5-6,9-13H2,(H2,19,20,21). The third-order valence-corrected chi connectivity index (χ3v) is 5.31. The SMILES string of the molecule is c1ccc2[nH]c(NC3CCN(CC4CCCC4)CC3)nc2c1. The summed E-state index contributed by atoms with van der Waals surface area (Å²) in [6, 6.07) is 8.78. The molecule has 1 saturated heterocycles. The van der Waals surface area contributed by atoms with Gasteiger partial charge in [0, 0.05) is 25.7 Å². The van der Waals surface area contributed by atoms with Crippen LogP contribution in [0.1, 0.15) is 38.5 Å². The maximum Gasteiger partial charge on any atom is 0.201 e. The average molecular weight is 298 g/mol. The summed E-state index contributed by atoms with van der Waals surface area (Å²) in [7, 11) is 0. The van der Waals surface area contributed by atoms with E-state index >= 15 is 0 Å². The number of aromatic nitrogens is 2. The van der Waals surface area contributed by atoms with Crippen molar-refractivity contribution >= 4 is 17.0 Å². The molecule has 1 aromatic carbocycles. The second-order valence-electron chi connectivity index (χ2n) is 6.97. The van der Waals surface area contributed by atoms with Gasteiger partial charge in [-0.25, -0.2) is 4.98 Å². The van der Waals surface area contributed by atoms with E-state index in [1.807, 2.05) is 12.1 Å². The van der Waals surface area contributed by atoms with Crippen molar-refractivity contribution in [3.63, 3.8) is 0 Å². The summed E-state index contributed by atoms with van der Waals surface area (Å²) in [5.41, 5.74) is 2.16. The van der Waals surface area contributed by atoms with Crippen LogP contribution in [0.5, 0.6) is 0 Å². The number of aromatic amines is 1. The Morgan fingerprint density at radius 1 is 1.09 bits per heavy atom. The highest BCUT2D eigenvalue weighted by molar-refractivity contribution is 5.77. The molecule has 0 radical (unpaired) electrons. The normalized spacial score (nSPS) is 21.6. The predicted molar refractivity (Wildman–Crippen MR) is 91.1 cm³/mol. The van der Waals surface area contributed by atoms with Crippen LogP contribution in [-0.2, 0) is 0 Å². The van der Waals surface area contributed by atoms with Crippen LogP contribution in [0.25, 0.3) is 11.0 Å². The molecule has 1 aromatic heterocycles. The monoisotopic (exact) mass is 298 g/mol. The summed E-state index contributed by atoms with van der Waals surface area (Å²) in [6.07, 6.45) is 8.27. The van der Waals surface area contributed by atoms with E-state index in [0.29, 0.717) is 6.04 Å². The first-order valence-electron chi connectivity index (χ1n) is 8.80. The highest BCUT2D eigenvalue weighted by atomic mass is 15.2. The lowest BCUT2D eigenvalue weighted by Crippen LogP contribution is -2.41. The Kier molecular flexibility index (Phi) is 4.02. The molecule has 4 heteroatoms. The van der Waals surface area contributed by atoms with Gasteiger partial charge in [0.05, 0.1) is 11.0 Å². The Morgan fingerprint density at radius 3 is 2.64 bits per heavy atom. The number of H-pyrrole nitrogens is 1. The van der Waals surface area contributed by atoms with Crippen molar-refractivity contribution in [2.24, 2.45) is 5.92 Å². The van der Waals surface area contributed by atoms with Gasteiger partial charge >= 0.3 is 0 Å². The minimum atomic E-state index is 0.556. The molecule has 0 atom stereocenters. The van der Waals surface area contributed by atoms with Gasteiger partial charge < -0.3 is 15.2 Å². The molecule has 0 unspecified atom stereocenters. The smallest absolute Gasteiger partial charge is 0.201 e. The first-order chi connectivity index (χ1) is 10.9. The number of piperidine rings is 1. The number of fused-ring (bicyclic) bond motifs is 1. The second-order valence-corrected chi connectivity index (χ2v) is 6.97. The van der Waals surface area contributed by atoms with Crippen molar-refractivity contribution in [1.29, 1.82) is 0 Å². The van der Waals surface area contributed by atoms with E-state index in [2.05, 4.69) is 32.3 Å². The molecule has 1 saturated carbocycles. The molecule has 2 N–H and O–H groups in total.